The molecule has 1 fully saturated rings. The number of nitrogens with one attached hydrogen (secondary N) is 1. The molecule has 0 aliphatic carbocycles. The summed E-state index contributed by atoms with van der Waals surface area (Å²) in [4.78, 5) is 14.2. The molecule has 0 aromatic heterocycles. The zero-order valence-electron chi connectivity index (χ0n) is 11.6. The Kier molecular flexibility index (Phi) is 4.35. The molecule has 2 aromatic rings. The van der Waals surface area contributed by atoms with Crippen molar-refractivity contribution in [3.63, 3.8) is 0 Å². The van der Waals surface area contributed by atoms with Gasteiger partial charge in [0, 0.05) is 15.6 Å². The van der Waals surface area contributed by atoms with Crippen LogP contribution < -0.4 is 4.90 Å². The first-order chi connectivity index (χ1) is 11.0. The fourth-order valence-electron chi connectivity index (χ4n) is 2.09. The topological polar surface area (TPSA) is 64.4 Å². The number of phenolic OH excluding ortho intramolecular Hbond substituents is 1. The van der Waals surface area contributed by atoms with E-state index < -0.39 is 0 Å². The van der Waals surface area contributed by atoms with Crippen molar-refractivity contribution >= 4 is 57.8 Å². The summed E-state index contributed by atoms with van der Waals surface area (Å²) in [5, 5.41) is 19.0. The average molecular weight is 365 g/mol. The normalized spacial score (nSPS) is 16.4. The Labute approximate surface area is 146 Å². The smallest absolute Gasteiger partial charge is 0.271 e. The van der Waals surface area contributed by atoms with Gasteiger partial charge in [-0.2, -0.15) is 0 Å². The predicted octanol–water partition coefficient (Wildman–Crippen LogP) is 4.75. The van der Waals surface area contributed by atoms with Gasteiger partial charge in [-0.05, 0) is 60.3 Å². The van der Waals surface area contributed by atoms with E-state index in [9.17, 15) is 9.90 Å². The number of anilines is 1. The molecule has 0 unspecified atom stereocenters. The lowest BCUT2D eigenvalue weighted by Crippen LogP contribution is -2.27. The van der Waals surface area contributed by atoms with E-state index in [-0.39, 0.29) is 16.8 Å². The Morgan fingerprint density at radius 1 is 1.09 bits per heavy atom. The van der Waals surface area contributed by atoms with Gasteiger partial charge >= 0.3 is 0 Å². The average Bonchev–Trinajstić information content (AvgIpc) is 2.79. The van der Waals surface area contributed by atoms with Crippen molar-refractivity contribution in [1.82, 2.24) is 0 Å². The highest BCUT2D eigenvalue weighted by Crippen LogP contribution is 2.36. The summed E-state index contributed by atoms with van der Waals surface area (Å²) in [5.41, 5.74) is 0.995. The number of thioether (sulfide) groups is 1. The van der Waals surface area contributed by atoms with E-state index in [0.717, 1.165) is 11.8 Å². The van der Waals surface area contributed by atoms with Crippen LogP contribution in [0.2, 0.25) is 10.0 Å². The van der Waals surface area contributed by atoms with Crippen LogP contribution >= 0.6 is 35.0 Å². The highest BCUT2D eigenvalue weighted by Gasteiger charge is 2.33. The number of carbonyl (C=O) groups excluding carboxylic acids is 1. The number of hydrogen-bond donors (Lipinski definition) is 2. The largest absolute Gasteiger partial charge is 0.507 e. The van der Waals surface area contributed by atoms with Gasteiger partial charge in [0.05, 0.1) is 10.6 Å². The monoisotopic (exact) mass is 364 g/mol. The number of rotatable bonds is 2. The third-order valence-corrected chi connectivity index (χ3v) is 4.56. The molecule has 0 radical (unpaired) electrons. The number of amides is 1. The number of amidine groups is 1. The van der Waals surface area contributed by atoms with Crippen LogP contribution in [0.3, 0.4) is 0 Å². The molecule has 0 spiro atoms. The van der Waals surface area contributed by atoms with Gasteiger partial charge in [-0.15, -0.1) is 0 Å². The minimum Gasteiger partial charge on any atom is -0.507 e. The van der Waals surface area contributed by atoms with Crippen molar-refractivity contribution in [2.75, 3.05) is 4.90 Å². The van der Waals surface area contributed by atoms with Crippen molar-refractivity contribution in [1.29, 1.82) is 5.41 Å². The molecule has 2 N–H and O–H groups in total. The van der Waals surface area contributed by atoms with E-state index >= 15 is 0 Å². The van der Waals surface area contributed by atoms with Crippen molar-refractivity contribution in [3.8, 4) is 5.75 Å². The lowest BCUT2D eigenvalue weighted by atomic mass is 10.2. The van der Waals surface area contributed by atoms with Crippen molar-refractivity contribution in [2.45, 2.75) is 0 Å². The van der Waals surface area contributed by atoms with E-state index in [2.05, 4.69) is 0 Å². The fraction of sp³-hybridized carbons (Fsp3) is 0. The van der Waals surface area contributed by atoms with Gasteiger partial charge in [0.15, 0.2) is 5.17 Å². The Morgan fingerprint density at radius 2 is 1.74 bits per heavy atom. The molecule has 23 heavy (non-hydrogen) atoms. The third kappa shape index (κ3) is 3.22. The summed E-state index contributed by atoms with van der Waals surface area (Å²) < 4.78 is 0. The highest BCUT2D eigenvalue weighted by atomic mass is 35.5. The van der Waals surface area contributed by atoms with E-state index in [1.807, 2.05) is 0 Å². The van der Waals surface area contributed by atoms with Crippen LogP contribution in [0.4, 0.5) is 5.69 Å². The van der Waals surface area contributed by atoms with Crippen LogP contribution in [0.25, 0.3) is 6.08 Å². The van der Waals surface area contributed by atoms with Gasteiger partial charge in [0.1, 0.15) is 5.75 Å². The minimum absolute atomic E-state index is 0.0202. The van der Waals surface area contributed by atoms with Crippen LogP contribution in [0.1, 0.15) is 5.56 Å². The summed E-state index contributed by atoms with van der Waals surface area (Å²) in [7, 11) is 0. The van der Waals surface area contributed by atoms with Gasteiger partial charge in [0.2, 0.25) is 0 Å². The van der Waals surface area contributed by atoms with Gasteiger partial charge in [-0.3, -0.25) is 15.1 Å². The Balaban J connectivity index is 1.96. The zero-order valence-corrected chi connectivity index (χ0v) is 13.9. The lowest BCUT2D eigenvalue weighted by molar-refractivity contribution is -0.113. The van der Waals surface area contributed by atoms with Crippen LogP contribution in [0.5, 0.6) is 5.75 Å². The molecular formula is C16H10Cl2N2O2S. The molecule has 7 heteroatoms. The lowest BCUT2D eigenvalue weighted by Gasteiger charge is -2.14. The molecule has 1 amide bonds. The van der Waals surface area contributed by atoms with Crippen LogP contribution in [-0.4, -0.2) is 16.2 Å². The summed E-state index contributed by atoms with van der Waals surface area (Å²) in [6, 6.07) is 11.3. The van der Waals surface area contributed by atoms with E-state index in [1.165, 1.54) is 17.0 Å². The fourth-order valence-corrected chi connectivity index (χ4v) is 3.25. The molecule has 2 aromatic carbocycles. The van der Waals surface area contributed by atoms with E-state index in [0.29, 0.717) is 26.2 Å². The van der Waals surface area contributed by atoms with Crippen LogP contribution in [-0.2, 0) is 4.79 Å². The first-order valence-corrected chi connectivity index (χ1v) is 8.09. The first kappa shape index (κ1) is 15.9. The molecule has 1 aliphatic heterocycles. The molecule has 1 aliphatic rings. The van der Waals surface area contributed by atoms with Crippen molar-refractivity contribution in [2.24, 2.45) is 0 Å². The van der Waals surface area contributed by atoms with Crippen LogP contribution in [0.15, 0.2) is 47.4 Å². The second-order valence-electron chi connectivity index (χ2n) is 4.74. The molecule has 0 saturated carbocycles. The van der Waals surface area contributed by atoms with E-state index in [1.54, 1.807) is 36.4 Å². The number of benzene rings is 2. The molecule has 1 heterocycles. The molecule has 1 saturated heterocycles. The maximum atomic E-state index is 12.6. The molecule has 4 nitrogen and oxygen atoms in total. The maximum absolute atomic E-state index is 12.6. The summed E-state index contributed by atoms with van der Waals surface area (Å²) in [6.07, 6.45) is 1.53. The number of aromatic hydroxyl groups is 1. The predicted molar refractivity (Wildman–Crippen MR) is 95.3 cm³/mol. The SMILES string of the molecule is N=C1S/C(=C\c2cc(Cl)ccc2O)C(=O)N1c1ccc(Cl)cc1. The standard InChI is InChI=1S/C16H10Cl2N2O2S/c17-10-1-4-12(5-2-10)20-15(22)14(23-16(20)19)8-9-7-11(18)3-6-13(9)21/h1-8,19,21H/b14-8-,19-16?. The second kappa shape index (κ2) is 6.28. The van der Waals surface area contributed by atoms with Crippen molar-refractivity contribution < 1.29 is 9.90 Å². The molecule has 116 valence electrons. The Morgan fingerprint density at radius 3 is 2.43 bits per heavy atom. The van der Waals surface area contributed by atoms with Gasteiger partial charge in [-0.1, -0.05) is 23.2 Å². The van der Waals surface area contributed by atoms with Gasteiger partial charge in [0.25, 0.3) is 5.91 Å². The number of nitrogens with zero attached hydrogens (tertiary/aromatic N) is 1. The summed E-state index contributed by atoms with van der Waals surface area (Å²) in [5.74, 6) is -0.312. The molecule has 3 rings (SSSR count). The molecule has 0 bridgehead atoms. The minimum atomic E-state index is -0.332. The second-order valence-corrected chi connectivity index (χ2v) is 6.64. The number of hydrogen-bond acceptors (Lipinski definition) is 4. The van der Waals surface area contributed by atoms with E-state index in [4.69, 9.17) is 28.6 Å². The zero-order chi connectivity index (χ0) is 16.6. The number of carbonyl (C=O) groups is 1. The number of halogens is 2. The first-order valence-electron chi connectivity index (χ1n) is 6.52. The Hall–Kier alpha value is -1.95. The Bertz CT molecular complexity index is 834. The quantitative estimate of drug-likeness (QED) is 0.755. The summed E-state index contributed by atoms with van der Waals surface area (Å²) in [6.45, 7) is 0. The van der Waals surface area contributed by atoms with Crippen molar-refractivity contribution in [3.05, 3.63) is 63.0 Å². The molecule has 0 atom stereocenters. The molecular weight excluding hydrogens is 355 g/mol. The number of phenols is 1. The van der Waals surface area contributed by atoms with Gasteiger partial charge < -0.3 is 5.11 Å². The maximum Gasteiger partial charge on any atom is 0.271 e. The highest BCUT2D eigenvalue weighted by molar-refractivity contribution is 8.19. The van der Waals surface area contributed by atoms with Crippen LogP contribution in [0, 0.1) is 5.41 Å². The third-order valence-electron chi connectivity index (χ3n) is 3.18. The summed E-state index contributed by atoms with van der Waals surface area (Å²) >= 11 is 12.8. The van der Waals surface area contributed by atoms with Gasteiger partial charge in [-0.25, -0.2) is 0 Å².